The highest BCUT2D eigenvalue weighted by atomic mass is 16.1. The van der Waals surface area contributed by atoms with Crippen molar-refractivity contribution in [2.75, 3.05) is 18.0 Å². The molecule has 2 atom stereocenters. The molecule has 2 heterocycles. The predicted molar refractivity (Wildman–Crippen MR) is 68.1 cm³/mol. The van der Waals surface area contributed by atoms with Crippen molar-refractivity contribution in [2.24, 2.45) is 11.7 Å². The Hall–Kier alpha value is -1.36. The van der Waals surface area contributed by atoms with E-state index in [9.17, 15) is 4.79 Å². The molecule has 1 aromatic heterocycles. The summed E-state index contributed by atoms with van der Waals surface area (Å²) in [5.74, 6) is 1.50. The quantitative estimate of drug-likeness (QED) is 0.811. The molecule has 0 bridgehead atoms. The highest BCUT2D eigenvalue weighted by Crippen LogP contribution is 2.27. The van der Waals surface area contributed by atoms with Crippen molar-refractivity contribution in [1.82, 2.24) is 9.97 Å². The molecule has 2 rings (SSSR count). The Morgan fingerprint density at radius 1 is 1.65 bits per heavy atom. The van der Waals surface area contributed by atoms with Crippen LogP contribution in [0.1, 0.15) is 26.2 Å². The largest absolute Gasteiger partial charge is 0.352 e. The molecule has 17 heavy (non-hydrogen) atoms. The van der Waals surface area contributed by atoms with Crippen LogP contribution in [-0.4, -0.2) is 29.1 Å². The van der Waals surface area contributed by atoms with Crippen LogP contribution in [0.5, 0.6) is 0 Å². The molecule has 1 aliphatic rings. The van der Waals surface area contributed by atoms with E-state index in [0.717, 1.165) is 31.1 Å². The summed E-state index contributed by atoms with van der Waals surface area (Å²) in [6.45, 7) is 3.78. The molecular formula is C12H20N4O. The molecule has 1 saturated heterocycles. The number of aromatic nitrogens is 2. The number of rotatable bonds is 3. The van der Waals surface area contributed by atoms with Gasteiger partial charge in [-0.15, -0.1) is 0 Å². The fourth-order valence-electron chi connectivity index (χ4n) is 2.55. The van der Waals surface area contributed by atoms with Crippen LogP contribution in [0.4, 0.5) is 5.82 Å². The highest BCUT2D eigenvalue weighted by molar-refractivity contribution is 5.38. The van der Waals surface area contributed by atoms with Crippen LogP contribution < -0.4 is 16.2 Å². The molecule has 3 N–H and O–H groups in total. The molecule has 94 valence electrons. The fourth-order valence-corrected chi connectivity index (χ4v) is 2.55. The maximum atomic E-state index is 11.3. The van der Waals surface area contributed by atoms with Crippen LogP contribution in [0, 0.1) is 5.92 Å². The molecule has 1 aromatic rings. The molecule has 5 nitrogen and oxygen atoms in total. The van der Waals surface area contributed by atoms with Crippen molar-refractivity contribution >= 4 is 5.82 Å². The number of nitrogens with two attached hydrogens (primary N) is 1. The average molecular weight is 236 g/mol. The molecule has 0 aromatic carbocycles. The van der Waals surface area contributed by atoms with E-state index < -0.39 is 0 Å². The molecule has 1 fully saturated rings. The Morgan fingerprint density at radius 2 is 2.47 bits per heavy atom. The van der Waals surface area contributed by atoms with Crippen LogP contribution in [0.3, 0.4) is 0 Å². The second kappa shape index (κ2) is 5.31. The average Bonchev–Trinajstić information content (AvgIpc) is 2.38. The first-order valence-corrected chi connectivity index (χ1v) is 6.26. The zero-order valence-corrected chi connectivity index (χ0v) is 10.2. The Kier molecular flexibility index (Phi) is 3.78. The number of piperidine rings is 1. The lowest BCUT2D eigenvalue weighted by atomic mass is 9.89. The Labute approximate surface area is 101 Å². The van der Waals surface area contributed by atoms with Crippen molar-refractivity contribution < 1.29 is 0 Å². The minimum Gasteiger partial charge on any atom is -0.352 e. The number of nitrogens with zero attached hydrogens (tertiary/aromatic N) is 2. The summed E-state index contributed by atoms with van der Waals surface area (Å²) in [6, 6.07) is 1.86. The number of anilines is 1. The molecule has 0 radical (unpaired) electrons. The third-order valence-electron chi connectivity index (χ3n) is 3.63. The SMILES string of the molecule is CCC1CCN(c2cc(=O)[nH]cn2)C(CN)C1. The second-order valence-electron chi connectivity index (χ2n) is 4.65. The molecule has 0 saturated carbocycles. The lowest BCUT2D eigenvalue weighted by molar-refractivity contribution is 0.334. The van der Waals surface area contributed by atoms with Gasteiger partial charge in [-0.25, -0.2) is 4.98 Å². The number of hydrogen-bond acceptors (Lipinski definition) is 4. The van der Waals surface area contributed by atoms with Crippen molar-refractivity contribution in [1.29, 1.82) is 0 Å². The van der Waals surface area contributed by atoms with Crippen LogP contribution in [0.2, 0.25) is 0 Å². The predicted octanol–water partition coefficient (Wildman–Crippen LogP) is 0.724. The lowest BCUT2D eigenvalue weighted by Crippen LogP contribution is -2.47. The van der Waals surface area contributed by atoms with E-state index in [1.54, 1.807) is 6.07 Å². The summed E-state index contributed by atoms with van der Waals surface area (Å²) >= 11 is 0. The van der Waals surface area contributed by atoms with Crippen molar-refractivity contribution in [3.63, 3.8) is 0 Å². The summed E-state index contributed by atoms with van der Waals surface area (Å²) in [4.78, 5) is 20.2. The molecule has 5 heteroatoms. The first-order chi connectivity index (χ1) is 8.24. The minimum atomic E-state index is -0.108. The summed E-state index contributed by atoms with van der Waals surface area (Å²) in [5, 5.41) is 0. The van der Waals surface area contributed by atoms with Gasteiger partial charge in [0.25, 0.3) is 5.56 Å². The van der Waals surface area contributed by atoms with E-state index in [-0.39, 0.29) is 5.56 Å². The van der Waals surface area contributed by atoms with Gasteiger partial charge in [-0.05, 0) is 18.8 Å². The van der Waals surface area contributed by atoms with Crippen LogP contribution in [-0.2, 0) is 0 Å². The van der Waals surface area contributed by atoms with Gasteiger partial charge in [0.2, 0.25) is 0 Å². The standard InChI is InChI=1S/C12H20N4O/c1-2-9-3-4-16(10(5-9)7-13)11-6-12(17)15-8-14-11/h6,8-10H,2-5,7,13H2,1H3,(H,14,15,17). The van der Waals surface area contributed by atoms with Gasteiger partial charge in [-0.3, -0.25) is 4.79 Å². The minimum absolute atomic E-state index is 0.108. The van der Waals surface area contributed by atoms with E-state index in [1.807, 2.05) is 0 Å². The molecular weight excluding hydrogens is 216 g/mol. The number of nitrogens with one attached hydrogen (secondary N) is 1. The third kappa shape index (κ3) is 2.66. The van der Waals surface area contributed by atoms with E-state index in [4.69, 9.17) is 5.73 Å². The Bertz CT molecular complexity index is 417. The summed E-state index contributed by atoms with van der Waals surface area (Å²) in [5.41, 5.74) is 5.72. The Morgan fingerprint density at radius 3 is 3.12 bits per heavy atom. The summed E-state index contributed by atoms with van der Waals surface area (Å²) in [7, 11) is 0. The maximum Gasteiger partial charge on any atom is 0.252 e. The van der Waals surface area contributed by atoms with Gasteiger partial charge < -0.3 is 15.6 Å². The summed E-state index contributed by atoms with van der Waals surface area (Å²) < 4.78 is 0. The summed E-state index contributed by atoms with van der Waals surface area (Å²) in [6.07, 6.45) is 4.91. The normalized spacial score (nSPS) is 24.9. The van der Waals surface area contributed by atoms with Crippen molar-refractivity contribution in [3.05, 3.63) is 22.7 Å². The van der Waals surface area contributed by atoms with Gasteiger partial charge in [-0.1, -0.05) is 13.3 Å². The van der Waals surface area contributed by atoms with Crippen LogP contribution in [0.25, 0.3) is 0 Å². The molecule has 0 spiro atoms. The number of aromatic amines is 1. The fraction of sp³-hybridized carbons (Fsp3) is 0.667. The number of H-pyrrole nitrogens is 1. The van der Waals surface area contributed by atoms with E-state index >= 15 is 0 Å². The van der Waals surface area contributed by atoms with Gasteiger partial charge in [0.1, 0.15) is 5.82 Å². The highest BCUT2D eigenvalue weighted by Gasteiger charge is 2.27. The molecule has 0 amide bonds. The molecule has 2 unspecified atom stereocenters. The zero-order valence-electron chi connectivity index (χ0n) is 10.2. The number of hydrogen-bond donors (Lipinski definition) is 2. The lowest BCUT2D eigenvalue weighted by Gasteiger charge is -2.39. The Balaban J connectivity index is 2.17. The van der Waals surface area contributed by atoms with Gasteiger partial charge in [0.05, 0.1) is 6.33 Å². The van der Waals surface area contributed by atoms with Gasteiger partial charge in [0, 0.05) is 25.2 Å². The molecule has 0 aliphatic carbocycles. The zero-order chi connectivity index (χ0) is 12.3. The molecule has 1 aliphatic heterocycles. The van der Waals surface area contributed by atoms with Crippen molar-refractivity contribution in [3.8, 4) is 0 Å². The monoisotopic (exact) mass is 236 g/mol. The van der Waals surface area contributed by atoms with E-state index in [2.05, 4.69) is 21.8 Å². The topological polar surface area (TPSA) is 75.0 Å². The van der Waals surface area contributed by atoms with Gasteiger partial charge in [0.15, 0.2) is 0 Å². The van der Waals surface area contributed by atoms with Crippen LogP contribution >= 0.6 is 0 Å². The van der Waals surface area contributed by atoms with E-state index in [1.165, 1.54) is 12.7 Å². The third-order valence-corrected chi connectivity index (χ3v) is 3.63. The van der Waals surface area contributed by atoms with E-state index in [0.29, 0.717) is 12.6 Å². The first kappa shape index (κ1) is 12.1. The first-order valence-electron chi connectivity index (χ1n) is 6.26. The second-order valence-corrected chi connectivity index (χ2v) is 4.65. The maximum absolute atomic E-state index is 11.3. The smallest absolute Gasteiger partial charge is 0.252 e. The van der Waals surface area contributed by atoms with Crippen LogP contribution in [0.15, 0.2) is 17.2 Å². The van der Waals surface area contributed by atoms with Crippen molar-refractivity contribution in [2.45, 2.75) is 32.2 Å². The van der Waals surface area contributed by atoms with Gasteiger partial charge >= 0.3 is 0 Å². The van der Waals surface area contributed by atoms with Gasteiger partial charge in [-0.2, -0.15) is 0 Å².